The first-order chi connectivity index (χ1) is 18.2. The van der Waals surface area contributed by atoms with Crippen molar-refractivity contribution in [3.05, 3.63) is 36.2 Å². The lowest BCUT2D eigenvalue weighted by atomic mass is 10.0. The second-order valence-corrected chi connectivity index (χ2v) is 10.5. The molecule has 0 aromatic carbocycles. The number of aliphatic hydroxyl groups is 4. The number of carbonyl (C=O) groups is 1. The summed E-state index contributed by atoms with van der Waals surface area (Å²) in [4.78, 5) is 20.6. The highest BCUT2D eigenvalue weighted by molar-refractivity contribution is 5.69. The number of aromatic nitrogens is 2. The standard InChI is InChI=1S/C28H46N2O8/c1-19(2)13-11-9-7-5-4-6-8-10-12-14-25(34)38-27(24-16-29-18-37-24)28-30-21(17-36-28)22(32)15-23(33)26(35)20(3)31/h16-20,22-23,26-27,31-33,35H,4-15H2,1-3H3/t20-,22+,23-,26+,27+/m1/s1. The minimum absolute atomic E-state index is 0.0110. The van der Waals surface area contributed by atoms with Crippen LogP contribution >= 0.6 is 0 Å². The molecule has 0 aliphatic rings. The Morgan fingerprint density at radius 3 is 2.13 bits per heavy atom. The molecule has 2 aromatic rings. The smallest absolute Gasteiger partial charge is 0.307 e. The highest BCUT2D eigenvalue weighted by Crippen LogP contribution is 2.29. The maximum atomic E-state index is 12.5. The van der Waals surface area contributed by atoms with E-state index in [0.717, 1.165) is 25.2 Å². The van der Waals surface area contributed by atoms with E-state index in [1.807, 2.05) is 0 Å². The molecule has 0 aliphatic heterocycles. The Balaban J connectivity index is 1.77. The normalized spacial score (nSPS) is 15.8. The van der Waals surface area contributed by atoms with E-state index in [0.29, 0.717) is 0 Å². The van der Waals surface area contributed by atoms with E-state index < -0.39 is 36.5 Å². The maximum absolute atomic E-state index is 12.5. The Bertz CT molecular complexity index is 883. The molecule has 0 fully saturated rings. The van der Waals surface area contributed by atoms with Gasteiger partial charge in [0.15, 0.2) is 12.2 Å². The van der Waals surface area contributed by atoms with Crippen molar-refractivity contribution in [1.29, 1.82) is 0 Å². The fourth-order valence-corrected chi connectivity index (χ4v) is 4.22. The third-order valence-corrected chi connectivity index (χ3v) is 6.58. The van der Waals surface area contributed by atoms with Crippen LogP contribution in [0.15, 0.2) is 27.7 Å². The number of unbranched alkanes of at least 4 members (excludes halogenated alkanes) is 8. The summed E-state index contributed by atoms with van der Waals surface area (Å²) < 4.78 is 16.3. The van der Waals surface area contributed by atoms with Crippen LogP contribution in [0.2, 0.25) is 0 Å². The Labute approximate surface area is 225 Å². The van der Waals surface area contributed by atoms with Crippen LogP contribution in [0.5, 0.6) is 0 Å². The molecular formula is C28H46N2O8. The lowest BCUT2D eigenvalue weighted by molar-refractivity contribution is -0.149. The minimum atomic E-state index is -1.42. The van der Waals surface area contributed by atoms with E-state index in [4.69, 9.17) is 13.6 Å². The molecule has 10 heteroatoms. The van der Waals surface area contributed by atoms with E-state index in [-0.39, 0.29) is 30.2 Å². The average molecular weight is 539 g/mol. The van der Waals surface area contributed by atoms with Crippen LogP contribution < -0.4 is 0 Å². The van der Waals surface area contributed by atoms with Gasteiger partial charge >= 0.3 is 5.97 Å². The fraction of sp³-hybridized carbons (Fsp3) is 0.750. The van der Waals surface area contributed by atoms with Crippen molar-refractivity contribution in [2.75, 3.05) is 0 Å². The summed E-state index contributed by atoms with van der Waals surface area (Å²) in [7, 11) is 0. The van der Waals surface area contributed by atoms with Crippen LogP contribution in [0.1, 0.15) is 127 Å². The molecule has 2 rings (SSSR count). The molecule has 38 heavy (non-hydrogen) atoms. The third-order valence-electron chi connectivity index (χ3n) is 6.58. The zero-order chi connectivity index (χ0) is 27.9. The second kappa shape index (κ2) is 17.3. The van der Waals surface area contributed by atoms with Crippen molar-refractivity contribution < 1.29 is 38.8 Å². The number of esters is 1. The number of hydrogen-bond donors (Lipinski definition) is 4. The van der Waals surface area contributed by atoms with Crippen molar-refractivity contribution >= 4 is 5.97 Å². The predicted octanol–water partition coefficient (Wildman–Crippen LogP) is 4.77. The third kappa shape index (κ3) is 11.6. The van der Waals surface area contributed by atoms with Crippen LogP contribution in [-0.2, 0) is 9.53 Å². The first-order valence-corrected chi connectivity index (χ1v) is 13.9. The molecule has 2 heterocycles. The van der Waals surface area contributed by atoms with Gasteiger partial charge in [0.1, 0.15) is 24.2 Å². The van der Waals surface area contributed by atoms with Crippen LogP contribution in [0.4, 0.5) is 0 Å². The first-order valence-electron chi connectivity index (χ1n) is 13.9. The lowest BCUT2D eigenvalue weighted by Gasteiger charge is -2.21. The molecule has 216 valence electrons. The molecule has 0 radical (unpaired) electrons. The van der Waals surface area contributed by atoms with Gasteiger partial charge < -0.3 is 34.0 Å². The highest BCUT2D eigenvalue weighted by Gasteiger charge is 2.30. The Hall–Kier alpha value is -2.27. The van der Waals surface area contributed by atoms with E-state index in [1.54, 1.807) is 0 Å². The van der Waals surface area contributed by atoms with Crippen molar-refractivity contribution in [3.63, 3.8) is 0 Å². The molecule has 0 spiro atoms. The number of aliphatic hydroxyl groups excluding tert-OH is 4. The zero-order valence-corrected chi connectivity index (χ0v) is 23.0. The van der Waals surface area contributed by atoms with E-state index in [9.17, 15) is 25.2 Å². The molecule has 0 bridgehead atoms. The molecule has 0 unspecified atom stereocenters. The van der Waals surface area contributed by atoms with Gasteiger partial charge in [-0.3, -0.25) is 4.79 Å². The summed E-state index contributed by atoms with van der Waals surface area (Å²) in [5.74, 6) is 0.575. The molecule has 0 saturated carbocycles. The second-order valence-electron chi connectivity index (χ2n) is 10.5. The molecule has 5 atom stereocenters. The molecule has 0 aliphatic carbocycles. The van der Waals surface area contributed by atoms with Crippen molar-refractivity contribution in [1.82, 2.24) is 9.97 Å². The summed E-state index contributed by atoms with van der Waals surface area (Å²) in [5, 5.41) is 39.6. The molecule has 4 N–H and O–H groups in total. The molecule has 0 amide bonds. The van der Waals surface area contributed by atoms with E-state index >= 15 is 0 Å². The number of hydrogen-bond acceptors (Lipinski definition) is 10. The predicted molar refractivity (Wildman–Crippen MR) is 140 cm³/mol. The van der Waals surface area contributed by atoms with Crippen LogP contribution in [-0.4, -0.2) is 54.7 Å². The van der Waals surface area contributed by atoms with Gasteiger partial charge in [0.25, 0.3) is 0 Å². The fourth-order valence-electron chi connectivity index (χ4n) is 4.22. The number of nitrogens with zero attached hydrogens (tertiary/aromatic N) is 2. The van der Waals surface area contributed by atoms with Gasteiger partial charge in [-0.2, -0.15) is 0 Å². The summed E-state index contributed by atoms with van der Waals surface area (Å²) in [6, 6.07) is 0. The van der Waals surface area contributed by atoms with Crippen molar-refractivity contribution in [2.24, 2.45) is 5.92 Å². The van der Waals surface area contributed by atoms with Crippen LogP contribution in [0, 0.1) is 5.92 Å². The minimum Gasteiger partial charge on any atom is -0.445 e. The van der Waals surface area contributed by atoms with Crippen LogP contribution in [0.3, 0.4) is 0 Å². The van der Waals surface area contributed by atoms with Gasteiger partial charge in [-0.05, 0) is 19.3 Å². The number of rotatable bonds is 20. The summed E-state index contributed by atoms with van der Waals surface area (Å²) in [6.07, 6.45) is 9.12. The molecular weight excluding hydrogens is 492 g/mol. The number of carbonyl (C=O) groups excluding carboxylic acids is 1. The van der Waals surface area contributed by atoms with Gasteiger partial charge in [-0.25, -0.2) is 9.97 Å². The average Bonchev–Trinajstić information content (AvgIpc) is 3.58. The topological polar surface area (TPSA) is 159 Å². The lowest BCUT2D eigenvalue weighted by Crippen LogP contribution is -2.36. The Morgan fingerprint density at radius 1 is 0.921 bits per heavy atom. The van der Waals surface area contributed by atoms with Gasteiger partial charge in [0.05, 0.1) is 18.4 Å². The molecule has 10 nitrogen and oxygen atoms in total. The van der Waals surface area contributed by atoms with Gasteiger partial charge in [-0.15, -0.1) is 0 Å². The summed E-state index contributed by atoms with van der Waals surface area (Å²) in [5.41, 5.74) is 0.0809. The van der Waals surface area contributed by atoms with Gasteiger partial charge in [-0.1, -0.05) is 71.6 Å². The zero-order valence-electron chi connectivity index (χ0n) is 23.0. The summed E-state index contributed by atoms with van der Waals surface area (Å²) in [6.45, 7) is 5.87. The largest absolute Gasteiger partial charge is 0.445 e. The number of oxazole rings is 2. The maximum Gasteiger partial charge on any atom is 0.307 e. The Kier molecular flexibility index (Phi) is 14.6. The SMILES string of the molecule is CC(C)CCCCCCCCCCCC(=O)O[C@@H](c1cnco1)c1nc([C@@H](O)C[C@@H](O)[C@@H](O)[C@@H](C)O)co1. The highest BCUT2D eigenvalue weighted by atomic mass is 16.6. The summed E-state index contributed by atoms with van der Waals surface area (Å²) >= 11 is 0. The number of ether oxygens (including phenoxy) is 1. The van der Waals surface area contributed by atoms with Crippen LogP contribution in [0.25, 0.3) is 0 Å². The van der Waals surface area contributed by atoms with Crippen molar-refractivity contribution in [2.45, 2.75) is 128 Å². The molecule has 2 aromatic heterocycles. The monoisotopic (exact) mass is 538 g/mol. The molecule has 0 saturated heterocycles. The quantitative estimate of drug-likeness (QED) is 0.137. The van der Waals surface area contributed by atoms with E-state index in [1.165, 1.54) is 70.7 Å². The van der Waals surface area contributed by atoms with Gasteiger partial charge in [0.2, 0.25) is 12.0 Å². The first kappa shape index (κ1) is 31.9. The Morgan fingerprint density at radius 2 is 1.55 bits per heavy atom. The van der Waals surface area contributed by atoms with E-state index in [2.05, 4.69) is 23.8 Å². The van der Waals surface area contributed by atoms with Gasteiger partial charge in [0, 0.05) is 12.8 Å². The van der Waals surface area contributed by atoms with Crippen molar-refractivity contribution in [3.8, 4) is 0 Å².